The third kappa shape index (κ3) is 4.60. The van der Waals surface area contributed by atoms with Gasteiger partial charge in [0.2, 0.25) is 5.91 Å². The smallest absolute Gasteiger partial charge is 0.262 e. The fraction of sp³-hybridized carbons (Fsp3) is 0.304. The summed E-state index contributed by atoms with van der Waals surface area (Å²) in [4.78, 5) is 30.8. The van der Waals surface area contributed by atoms with Crippen LogP contribution in [0.2, 0.25) is 5.02 Å². The monoisotopic (exact) mass is 452 g/mol. The van der Waals surface area contributed by atoms with Crippen molar-refractivity contribution in [1.82, 2.24) is 9.55 Å². The number of nitrogens with zero attached hydrogens (tertiary/aromatic N) is 3. The van der Waals surface area contributed by atoms with Crippen molar-refractivity contribution in [2.75, 3.05) is 5.32 Å². The maximum absolute atomic E-state index is 13.3. The van der Waals surface area contributed by atoms with Crippen LogP contribution in [0.5, 0.6) is 0 Å². The number of hydrogen-bond donors (Lipinski definition) is 1. The summed E-state index contributed by atoms with van der Waals surface area (Å²) in [5.41, 5.74) is 1.47. The molecule has 6 nitrogen and oxygen atoms in total. The van der Waals surface area contributed by atoms with Gasteiger partial charge in [-0.2, -0.15) is 5.26 Å². The molecule has 0 saturated heterocycles. The summed E-state index contributed by atoms with van der Waals surface area (Å²) < 4.78 is 1.76. The minimum Gasteiger partial charge on any atom is -0.325 e. The van der Waals surface area contributed by atoms with E-state index in [0.29, 0.717) is 32.3 Å². The molecule has 1 amide bonds. The Balaban J connectivity index is 1.65. The number of nitriles is 1. The zero-order chi connectivity index (χ0) is 22.0. The minimum absolute atomic E-state index is 0.0881. The standard InChI is InChI=1S/C23H21ClN4O2S/c1-14(21(29)26-17-6-4-5-15(11-17)13-25)31-23-27-20-12-16(24)9-10-19(20)22(30)28(23)18-7-2-3-8-18/h4-6,9-12,14,18H,2-3,7-8H2,1H3,(H,26,29)/t14-/m0/s1. The molecule has 2 aromatic carbocycles. The van der Waals surface area contributed by atoms with E-state index in [1.165, 1.54) is 11.8 Å². The van der Waals surface area contributed by atoms with Crippen molar-refractivity contribution in [3.05, 3.63) is 63.4 Å². The molecule has 1 aliphatic carbocycles. The van der Waals surface area contributed by atoms with Crippen molar-refractivity contribution in [3.8, 4) is 6.07 Å². The van der Waals surface area contributed by atoms with Crippen LogP contribution in [0.1, 0.15) is 44.2 Å². The highest BCUT2D eigenvalue weighted by Gasteiger charge is 2.25. The second-order valence-electron chi connectivity index (χ2n) is 7.61. The van der Waals surface area contributed by atoms with Gasteiger partial charge in [-0.05, 0) is 56.2 Å². The van der Waals surface area contributed by atoms with Crippen molar-refractivity contribution in [3.63, 3.8) is 0 Å². The second-order valence-corrected chi connectivity index (χ2v) is 9.36. The minimum atomic E-state index is -0.498. The molecule has 31 heavy (non-hydrogen) atoms. The maximum Gasteiger partial charge on any atom is 0.262 e. The first kappa shape index (κ1) is 21.4. The maximum atomic E-state index is 13.3. The Kier molecular flexibility index (Phi) is 6.30. The molecule has 0 bridgehead atoms. The lowest BCUT2D eigenvalue weighted by molar-refractivity contribution is -0.115. The molecule has 158 valence electrons. The first-order valence-corrected chi connectivity index (χ1v) is 11.4. The van der Waals surface area contributed by atoms with E-state index in [1.54, 1.807) is 54.0 Å². The van der Waals surface area contributed by atoms with Crippen LogP contribution < -0.4 is 10.9 Å². The second kappa shape index (κ2) is 9.13. The van der Waals surface area contributed by atoms with E-state index in [-0.39, 0.29) is 17.5 Å². The Labute approximate surface area is 189 Å². The Bertz CT molecular complexity index is 1240. The molecule has 0 unspecified atom stereocenters. The summed E-state index contributed by atoms with van der Waals surface area (Å²) in [5, 5.41) is 13.0. The number of carbonyl (C=O) groups is 1. The van der Waals surface area contributed by atoms with Gasteiger partial charge in [0, 0.05) is 16.8 Å². The van der Waals surface area contributed by atoms with E-state index in [0.717, 1.165) is 25.7 Å². The Morgan fingerprint density at radius 2 is 2.06 bits per heavy atom. The van der Waals surface area contributed by atoms with Gasteiger partial charge in [0.25, 0.3) is 5.56 Å². The highest BCUT2D eigenvalue weighted by atomic mass is 35.5. The van der Waals surface area contributed by atoms with Crippen LogP contribution in [0.3, 0.4) is 0 Å². The number of aromatic nitrogens is 2. The highest BCUT2D eigenvalue weighted by Crippen LogP contribution is 2.33. The van der Waals surface area contributed by atoms with Crippen LogP contribution in [-0.4, -0.2) is 20.7 Å². The van der Waals surface area contributed by atoms with Gasteiger partial charge in [-0.3, -0.25) is 14.2 Å². The number of amides is 1. The van der Waals surface area contributed by atoms with Crippen molar-refractivity contribution in [2.45, 2.75) is 49.1 Å². The molecular weight excluding hydrogens is 432 g/mol. The molecule has 1 heterocycles. The molecule has 0 spiro atoms. The molecule has 8 heteroatoms. The number of thioether (sulfide) groups is 1. The van der Waals surface area contributed by atoms with Gasteiger partial charge in [0.1, 0.15) is 0 Å². The molecule has 1 fully saturated rings. The summed E-state index contributed by atoms with van der Waals surface area (Å²) in [6, 6.07) is 14.0. The first-order chi connectivity index (χ1) is 15.0. The molecule has 1 aromatic heterocycles. The lowest BCUT2D eigenvalue weighted by Gasteiger charge is -2.20. The summed E-state index contributed by atoms with van der Waals surface area (Å²) in [6.45, 7) is 1.78. The molecule has 1 N–H and O–H groups in total. The molecule has 0 radical (unpaired) electrons. The number of nitrogens with one attached hydrogen (secondary N) is 1. The van der Waals surface area contributed by atoms with Crippen LogP contribution >= 0.6 is 23.4 Å². The molecule has 1 saturated carbocycles. The predicted octanol–water partition coefficient (Wildman–Crippen LogP) is 5.16. The van der Waals surface area contributed by atoms with Crippen LogP contribution in [0.25, 0.3) is 10.9 Å². The fourth-order valence-electron chi connectivity index (χ4n) is 3.84. The third-order valence-electron chi connectivity index (χ3n) is 5.43. The van der Waals surface area contributed by atoms with Crippen molar-refractivity contribution in [2.24, 2.45) is 0 Å². The van der Waals surface area contributed by atoms with E-state index < -0.39 is 5.25 Å². The Morgan fingerprint density at radius 1 is 1.29 bits per heavy atom. The van der Waals surface area contributed by atoms with Gasteiger partial charge in [-0.15, -0.1) is 0 Å². The molecule has 0 aliphatic heterocycles. The molecular formula is C23H21ClN4O2S. The Morgan fingerprint density at radius 3 is 2.81 bits per heavy atom. The number of halogens is 1. The highest BCUT2D eigenvalue weighted by molar-refractivity contribution is 8.00. The van der Waals surface area contributed by atoms with Crippen LogP contribution in [0.4, 0.5) is 5.69 Å². The summed E-state index contributed by atoms with van der Waals surface area (Å²) in [6.07, 6.45) is 4.00. The van der Waals surface area contributed by atoms with Crippen molar-refractivity contribution >= 4 is 45.9 Å². The summed E-state index contributed by atoms with van der Waals surface area (Å²) in [5.74, 6) is -0.224. The number of rotatable bonds is 5. The third-order valence-corrected chi connectivity index (χ3v) is 6.73. The lowest BCUT2D eigenvalue weighted by Crippen LogP contribution is -2.29. The van der Waals surface area contributed by atoms with Gasteiger partial charge in [-0.25, -0.2) is 4.98 Å². The average molecular weight is 453 g/mol. The van der Waals surface area contributed by atoms with E-state index >= 15 is 0 Å². The normalized spacial score (nSPS) is 15.0. The lowest BCUT2D eigenvalue weighted by atomic mass is 10.2. The SMILES string of the molecule is C[C@H](Sc1nc2cc(Cl)ccc2c(=O)n1C1CCCC1)C(=O)Nc1cccc(C#N)c1. The number of benzene rings is 2. The van der Waals surface area contributed by atoms with E-state index in [9.17, 15) is 9.59 Å². The topological polar surface area (TPSA) is 87.8 Å². The van der Waals surface area contributed by atoms with Crippen LogP contribution in [-0.2, 0) is 4.79 Å². The van der Waals surface area contributed by atoms with Crippen molar-refractivity contribution < 1.29 is 4.79 Å². The summed E-state index contributed by atoms with van der Waals surface area (Å²) >= 11 is 7.38. The number of fused-ring (bicyclic) bond motifs is 1. The van der Waals surface area contributed by atoms with E-state index in [4.69, 9.17) is 21.8 Å². The van der Waals surface area contributed by atoms with Gasteiger partial charge in [0.15, 0.2) is 5.16 Å². The number of carbonyl (C=O) groups excluding carboxylic acids is 1. The first-order valence-electron chi connectivity index (χ1n) is 10.2. The number of hydrogen-bond acceptors (Lipinski definition) is 5. The fourth-order valence-corrected chi connectivity index (χ4v) is 4.99. The quantitative estimate of drug-likeness (QED) is 0.427. The average Bonchev–Trinajstić information content (AvgIpc) is 3.28. The van der Waals surface area contributed by atoms with Gasteiger partial charge in [0.05, 0.1) is 27.8 Å². The van der Waals surface area contributed by atoms with Crippen LogP contribution in [0.15, 0.2) is 52.4 Å². The zero-order valence-electron chi connectivity index (χ0n) is 17.0. The molecule has 4 rings (SSSR count). The summed E-state index contributed by atoms with van der Waals surface area (Å²) in [7, 11) is 0. The van der Waals surface area contributed by atoms with Gasteiger partial charge in [-0.1, -0.05) is 42.3 Å². The van der Waals surface area contributed by atoms with E-state index in [2.05, 4.69) is 11.4 Å². The molecule has 1 atom stereocenters. The van der Waals surface area contributed by atoms with Crippen LogP contribution in [0, 0.1) is 11.3 Å². The zero-order valence-corrected chi connectivity index (χ0v) is 18.5. The number of anilines is 1. The van der Waals surface area contributed by atoms with Gasteiger partial charge < -0.3 is 5.32 Å². The van der Waals surface area contributed by atoms with E-state index in [1.807, 2.05) is 0 Å². The largest absolute Gasteiger partial charge is 0.325 e. The predicted molar refractivity (Wildman–Crippen MR) is 124 cm³/mol. The molecule has 3 aromatic rings. The molecule has 1 aliphatic rings. The van der Waals surface area contributed by atoms with Crippen molar-refractivity contribution in [1.29, 1.82) is 5.26 Å². The Hall–Kier alpha value is -2.82. The van der Waals surface area contributed by atoms with Gasteiger partial charge >= 0.3 is 0 Å².